The maximum absolute atomic E-state index is 12.4. The highest BCUT2D eigenvalue weighted by Crippen LogP contribution is 2.20. The van der Waals surface area contributed by atoms with Crippen LogP contribution in [0.5, 0.6) is 0 Å². The van der Waals surface area contributed by atoms with Gasteiger partial charge in [0.05, 0.1) is 0 Å². The molecule has 1 aliphatic rings. The summed E-state index contributed by atoms with van der Waals surface area (Å²) >= 11 is 0. The van der Waals surface area contributed by atoms with Crippen LogP contribution in [-0.4, -0.2) is 34.4 Å². The zero-order chi connectivity index (χ0) is 16.1. The summed E-state index contributed by atoms with van der Waals surface area (Å²) in [5, 5.41) is 5.66. The van der Waals surface area contributed by atoms with Crippen LogP contribution in [0.4, 0.5) is 16.2 Å². The smallest absolute Gasteiger partial charge is 0.322 e. The third-order valence-corrected chi connectivity index (χ3v) is 3.79. The van der Waals surface area contributed by atoms with Gasteiger partial charge in [0, 0.05) is 30.3 Å². The summed E-state index contributed by atoms with van der Waals surface area (Å²) in [6, 6.07) is 12.0. The van der Waals surface area contributed by atoms with Gasteiger partial charge in [0.2, 0.25) is 5.91 Å². The SMILES string of the molecule is O=C(Nc1ccccc1)C1CCCN1C(=O)Nc1ccncc1. The van der Waals surface area contributed by atoms with E-state index in [9.17, 15) is 9.59 Å². The average molecular weight is 310 g/mol. The minimum absolute atomic E-state index is 0.154. The number of aromatic nitrogens is 1. The first-order valence-corrected chi connectivity index (χ1v) is 7.57. The van der Waals surface area contributed by atoms with Crippen molar-refractivity contribution in [1.29, 1.82) is 0 Å². The standard InChI is InChI=1S/C17H18N4O2/c22-16(19-13-5-2-1-3-6-13)15-7-4-12-21(15)17(23)20-14-8-10-18-11-9-14/h1-3,5-6,8-11,15H,4,7,12H2,(H,19,22)(H,18,20,23). The van der Waals surface area contributed by atoms with Crippen LogP contribution in [-0.2, 0) is 4.79 Å². The summed E-state index contributed by atoms with van der Waals surface area (Å²) in [6.07, 6.45) is 4.71. The van der Waals surface area contributed by atoms with Crippen LogP contribution < -0.4 is 10.6 Å². The molecule has 118 valence electrons. The molecular weight excluding hydrogens is 292 g/mol. The molecule has 6 nitrogen and oxygen atoms in total. The Morgan fingerprint density at radius 1 is 1.00 bits per heavy atom. The number of likely N-dealkylation sites (tertiary alicyclic amines) is 1. The minimum Gasteiger partial charge on any atom is -0.324 e. The maximum atomic E-state index is 12.4. The van der Waals surface area contributed by atoms with Crippen LogP contribution in [0, 0.1) is 0 Å². The van der Waals surface area contributed by atoms with Gasteiger partial charge in [-0.2, -0.15) is 0 Å². The molecule has 0 bridgehead atoms. The number of rotatable bonds is 3. The molecule has 1 unspecified atom stereocenters. The maximum Gasteiger partial charge on any atom is 0.322 e. The molecule has 2 N–H and O–H groups in total. The molecule has 1 fully saturated rings. The number of nitrogens with one attached hydrogen (secondary N) is 2. The number of para-hydroxylation sites is 1. The van der Waals surface area contributed by atoms with Gasteiger partial charge in [-0.25, -0.2) is 4.79 Å². The molecule has 1 atom stereocenters. The molecule has 23 heavy (non-hydrogen) atoms. The van der Waals surface area contributed by atoms with Crippen molar-refractivity contribution in [1.82, 2.24) is 9.88 Å². The quantitative estimate of drug-likeness (QED) is 0.915. The van der Waals surface area contributed by atoms with Crippen LogP contribution in [0.3, 0.4) is 0 Å². The van der Waals surface area contributed by atoms with Crippen LogP contribution in [0.15, 0.2) is 54.9 Å². The minimum atomic E-state index is -0.447. The predicted molar refractivity (Wildman–Crippen MR) is 88.1 cm³/mol. The van der Waals surface area contributed by atoms with Crippen LogP contribution in [0.25, 0.3) is 0 Å². The fourth-order valence-electron chi connectivity index (χ4n) is 2.66. The molecule has 1 aromatic carbocycles. The van der Waals surface area contributed by atoms with E-state index in [0.29, 0.717) is 18.7 Å². The number of nitrogens with zero attached hydrogens (tertiary/aromatic N) is 2. The van der Waals surface area contributed by atoms with Crippen LogP contribution in [0.1, 0.15) is 12.8 Å². The first-order valence-electron chi connectivity index (χ1n) is 7.57. The van der Waals surface area contributed by atoms with Crippen LogP contribution >= 0.6 is 0 Å². The largest absolute Gasteiger partial charge is 0.324 e. The highest BCUT2D eigenvalue weighted by Gasteiger charge is 2.34. The first kappa shape index (κ1) is 15.0. The lowest BCUT2D eigenvalue weighted by Crippen LogP contribution is -2.45. The number of hydrogen-bond acceptors (Lipinski definition) is 3. The number of urea groups is 1. The van der Waals surface area contributed by atoms with Gasteiger partial charge >= 0.3 is 6.03 Å². The van der Waals surface area contributed by atoms with Crippen molar-refractivity contribution in [2.24, 2.45) is 0 Å². The summed E-state index contributed by atoms with van der Waals surface area (Å²) in [6.45, 7) is 0.573. The zero-order valence-electron chi connectivity index (χ0n) is 12.6. The Morgan fingerprint density at radius 3 is 2.43 bits per heavy atom. The average Bonchev–Trinajstić information content (AvgIpc) is 3.06. The molecule has 0 aliphatic carbocycles. The van der Waals surface area contributed by atoms with Crippen molar-refractivity contribution >= 4 is 23.3 Å². The third-order valence-electron chi connectivity index (χ3n) is 3.79. The second kappa shape index (κ2) is 6.91. The molecule has 3 rings (SSSR count). The second-order valence-corrected chi connectivity index (χ2v) is 5.37. The normalized spacial score (nSPS) is 16.9. The van der Waals surface area contributed by atoms with E-state index in [2.05, 4.69) is 15.6 Å². The molecule has 3 amide bonds. The van der Waals surface area contributed by atoms with E-state index in [4.69, 9.17) is 0 Å². The topological polar surface area (TPSA) is 74.3 Å². The van der Waals surface area contributed by atoms with Gasteiger partial charge in [0.1, 0.15) is 6.04 Å². The molecule has 1 saturated heterocycles. The van der Waals surface area contributed by atoms with E-state index in [0.717, 1.165) is 12.1 Å². The molecule has 6 heteroatoms. The van der Waals surface area contributed by atoms with Crippen molar-refractivity contribution < 1.29 is 9.59 Å². The highest BCUT2D eigenvalue weighted by atomic mass is 16.2. The monoisotopic (exact) mass is 310 g/mol. The van der Waals surface area contributed by atoms with Crippen molar-refractivity contribution in [3.05, 3.63) is 54.9 Å². The van der Waals surface area contributed by atoms with E-state index < -0.39 is 6.04 Å². The van der Waals surface area contributed by atoms with E-state index in [1.807, 2.05) is 30.3 Å². The van der Waals surface area contributed by atoms with E-state index >= 15 is 0 Å². The number of carbonyl (C=O) groups is 2. The van der Waals surface area contributed by atoms with Gasteiger partial charge in [-0.05, 0) is 37.1 Å². The fourth-order valence-corrected chi connectivity index (χ4v) is 2.66. The number of pyridine rings is 1. The van der Waals surface area contributed by atoms with Gasteiger partial charge in [0.25, 0.3) is 0 Å². The molecule has 1 aromatic heterocycles. The Kier molecular flexibility index (Phi) is 4.52. The lowest BCUT2D eigenvalue weighted by molar-refractivity contribution is -0.119. The Bertz CT molecular complexity index is 616. The molecule has 0 radical (unpaired) electrons. The lowest BCUT2D eigenvalue weighted by Gasteiger charge is -2.24. The summed E-state index contributed by atoms with van der Waals surface area (Å²) in [4.78, 5) is 30.3. The summed E-state index contributed by atoms with van der Waals surface area (Å²) in [7, 11) is 0. The van der Waals surface area contributed by atoms with Gasteiger partial charge in [-0.1, -0.05) is 18.2 Å². The van der Waals surface area contributed by atoms with E-state index in [-0.39, 0.29) is 11.9 Å². The lowest BCUT2D eigenvalue weighted by atomic mass is 10.2. The van der Waals surface area contributed by atoms with Crippen molar-refractivity contribution in [2.75, 3.05) is 17.2 Å². The molecule has 2 aromatic rings. The predicted octanol–water partition coefficient (Wildman–Crippen LogP) is 2.72. The van der Waals surface area contributed by atoms with Crippen LogP contribution in [0.2, 0.25) is 0 Å². The Labute approximate surface area is 134 Å². The number of carbonyl (C=O) groups excluding carboxylic acids is 2. The van der Waals surface area contributed by atoms with E-state index in [1.54, 1.807) is 29.4 Å². The number of amides is 3. The van der Waals surface area contributed by atoms with Crippen molar-refractivity contribution in [3.8, 4) is 0 Å². The van der Waals surface area contributed by atoms with Gasteiger partial charge in [-0.15, -0.1) is 0 Å². The fraction of sp³-hybridized carbons (Fsp3) is 0.235. The molecule has 0 spiro atoms. The Hall–Kier alpha value is -2.89. The Balaban J connectivity index is 1.65. The van der Waals surface area contributed by atoms with Gasteiger partial charge in [0.15, 0.2) is 0 Å². The molecular formula is C17H18N4O2. The molecule has 1 aliphatic heterocycles. The summed E-state index contributed by atoms with van der Waals surface area (Å²) < 4.78 is 0. The zero-order valence-corrected chi connectivity index (χ0v) is 12.6. The number of anilines is 2. The van der Waals surface area contributed by atoms with Gasteiger partial charge in [-0.3, -0.25) is 9.78 Å². The third kappa shape index (κ3) is 3.66. The van der Waals surface area contributed by atoms with Gasteiger partial charge < -0.3 is 15.5 Å². The number of benzene rings is 1. The summed E-state index contributed by atoms with van der Waals surface area (Å²) in [5.74, 6) is -0.154. The second-order valence-electron chi connectivity index (χ2n) is 5.37. The van der Waals surface area contributed by atoms with Crippen molar-refractivity contribution in [3.63, 3.8) is 0 Å². The van der Waals surface area contributed by atoms with Crippen molar-refractivity contribution in [2.45, 2.75) is 18.9 Å². The van der Waals surface area contributed by atoms with E-state index in [1.165, 1.54) is 0 Å². The molecule has 2 heterocycles. The summed E-state index contributed by atoms with van der Waals surface area (Å²) in [5.41, 5.74) is 1.40. The first-order chi connectivity index (χ1) is 11.2. The Morgan fingerprint density at radius 2 is 1.70 bits per heavy atom. The molecule has 0 saturated carbocycles. The number of hydrogen-bond donors (Lipinski definition) is 2. The highest BCUT2D eigenvalue weighted by molar-refractivity contribution is 5.99.